The summed E-state index contributed by atoms with van der Waals surface area (Å²) in [7, 11) is 0. The third kappa shape index (κ3) is 7.95. The van der Waals surface area contributed by atoms with Gasteiger partial charge in [0.25, 0.3) is 5.91 Å². The van der Waals surface area contributed by atoms with Crippen LogP contribution in [0.3, 0.4) is 0 Å². The van der Waals surface area contributed by atoms with Crippen LogP contribution >= 0.6 is 0 Å². The smallest absolute Gasteiger partial charge is 0.335 e. The lowest BCUT2D eigenvalue weighted by atomic mass is 9.92. The number of aromatic nitrogens is 2. The van der Waals surface area contributed by atoms with Crippen molar-refractivity contribution in [2.24, 2.45) is 5.92 Å². The van der Waals surface area contributed by atoms with Crippen LogP contribution in [0.5, 0.6) is 0 Å². The van der Waals surface area contributed by atoms with E-state index in [-0.39, 0.29) is 29.0 Å². The quantitative estimate of drug-likeness (QED) is 0.0839. The summed E-state index contributed by atoms with van der Waals surface area (Å²) in [5.41, 5.74) is 3.53. The fraction of sp³-hybridized carbons (Fsp3) is 0.300. The zero-order valence-corrected chi connectivity index (χ0v) is 29.3. The summed E-state index contributed by atoms with van der Waals surface area (Å²) in [6.07, 6.45) is 3.33. The standard InChI is InChI=1S/C40H44N6O5/c1-25-16-19-28(22-32(25)37(48)49)36(47)44-40(51,29-12-6-7-13-29)41-24-26-17-20-30(21-18-26)46-35(23-34(45-46)39(2,3)4)43-38(50)42-33-15-9-11-27-10-5-8-14-31(27)33/h5,8-11,14-23,29,41,51H,6-7,12-13,24H2,1-4H3,(H,44,47)(H,48,49)(H2,42,43,50). The van der Waals surface area contributed by atoms with Crippen LogP contribution in [-0.2, 0) is 12.0 Å². The first kappa shape index (κ1) is 35.3. The maximum atomic E-state index is 13.3. The number of carbonyl (C=O) groups is 3. The van der Waals surface area contributed by atoms with E-state index in [2.05, 4.69) is 42.0 Å². The van der Waals surface area contributed by atoms with Crippen molar-refractivity contribution in [1.29, 1.82) is 0 Å². The van der Waals surface area contributed by atoms with E-state index in [4.69, 9.17) is 5.10 Å². The molecule has 1 fully saturated rings. The number of aryl methyl sites for hydroxylation is 1. The number of anilines is 2. The number of urea groups is 1. The average molecular weight is 689 g/mol. The Bertz CT molecular complexity index is 2070. The van der Waals surface area contributed by atoms with E-state index >= 15 is 0 Å². The SMILES string of the molecule is Cc1ccc(C(=O)NC(O)(NCc2ccc(-n3nc(C(C)(C)C)cc3NC(=O)Nc3cccc4ccccc34)cc2)C2CCCC2)cc1C(=O)O. The van der Waals surface area contributed by atoms with Gasteiger partial charge in [0.15, 0.2) is 5.85 Å². The molecule has 4 aromatic carbocycles. The minimum Gasteiger partial charge on any atom is -0.478 e. The van der Waals surface area contributed by atoms with Crippen molar-refractivity contribution < 1.29 is 24.6 Å². The van der Waals surface area contributed by atoms with Gasteiger partial charge in [-0.2, -0.15) is 5.10 Å². The number of nitrogens with one attached hydrogen (secondary N) is 4. The molecule has 1 heterocycles. The minimum absolute atomic E-state index is 0.0377. The van der Waals surface area contributed by atoms with Gasteiger partial charge in [-0.1, -0.05) is 88.2 Å². The van der Waals surface area contributed by atoms with E-state index < -0.39 is 23.8 Å². The van der Waals surface area contributed by atoms with Crippen molar-refractivity contribution in [3.8, 4) is 5.69 Å². The fourth-order valence-corrected chi connectivity index (χ4v) is 6.50. The van der Waals surface area contributed by atoms with E-state index in [0.717, 1.165) is 53.4 Å². The molecule has 1 aliphatic carbocycles. The zero-order valence-electron chi connectivity index (χ0n) is 29.3. The lowest BCUT2D eigenvalue weighted by Crippen LogP contribution is -2.62. The van der Waals surface area contributed by atoms with Gasteiger partial charge < -0.3 is 20.8 Å². The van der Waals surface area contributed by atoms with E-state index in [1.165, 1.54) is 6.07 Å². The van der Waals surface area contributed by atoms with Gasteiger partial charge in [0.2, 0.25) is 0 Å². The lowest BCUT2D eigenvalue weighted by Gasteiger charge is -2.36. The average Bonchev–Trinajstić information content (AvgIpc) is 3.80. The number of aromatic carboxylic acids is 1. The number of amides is 3. The molecular formula is C40H44N6O5. The number of aliphatic hydroxyl groups is 1. The number of hydrogen-bond donors (Lipinski definition) is 6. The molecule has 6 rings (SSSR count). The number of carbonyl (C=O) groups excluding carboxylic acids is 2. The summed E-state index contributed by atoms with van der Waals surface area (Å²) in [5.74, 6) is -3.11. The molecule has 6 N–H and O–H groups in total. The third-order valence-corrected chi connectivity index (χ3v) is 9.48. The molecule has 0 bridgehead atoms. The largest absolute Gasteiger partial charge is 0.478 e. The van der Waals surface area contributed by atoms with Crippen LogP contribution in [0, 0.1) is 12.8 Å². The topological polar surface area (TPSA) is 158 Å². The molecule has 5 aromatic rings. The van der Waals surface area contributed by atoms with Crippen LogP contribution in [-0.4, -0.2) is 43.8 Å². The van der Waals surface area contributed by atoms with Crippen molar-refractivity contribution in [3.05, 3.63) is 119 Å². The number of fused-ring (bicyclic) bond motifs is 1. The van der Waals surface area contributed by atoms with Gasteiger partial charge in [0.05, 0.1) is 22.6 Å². The van der Waals surface area contributed by atoms with Crippen molar-refractivity contribution in [1.82, 2.24) is 20.4 Å². The highest BCUT2D eigenvalue weighted by Crippen LogP contribution is 2.32. The van der Waals surface area contributed by atoms with Crippen molar-refractivity contribution in [2.75, 3.05) is 10.6 Å². The Hall–Kier alpha value is -5.52. The fourth-order valence-electron chi connectivity index (χ4n) is 6.50. The van der Waals surface area contributed by atoms with Crippen molar-refractivity contribution in [2.45, 2.75) is 71.2 Å². The molecule has 0 saturated heterocycles. The van der Waals surface area contributed by atoms with E-state index in [0.29, 0.717) is 17.1 Å². The van der Waals surface area contributed by atoms with Crippen LogP contribution in [0.4, 0.5) is 16.3 Å². The molecule has 51 heavy (non-hydrogen) atoms. The van der Waals surface area contributed by atoms with Gasteiger partial charge in [-0.05, 0) is 66.6 Å². The Kier molecular flexibility index (Phi) is 9.95. The van der Waals surface area contributed by atoms with Crippen LogP contribution in [0.25, 0.3) is 16.5 Å². The van der Waals surface area contributed by atoms with Crippen LogP contribution < -0.4 is 21.3 Å². The molecule has 0 radical (unpaired) electrons. The third-order valence-electron chi connectivity index (χ3n) is 9.48. The molecule has 1 atom stereocenters. The normalized spacial score (nSPS) is 14.6. The molecule has 264 valence electrons. The predicted octanol–water partition coefficient (Wildman–Crippen LogP) is 7.33. The summed E-state index contributed by atoms with van der Waals surface area (Å²) < 4.78 is 1.70. The molecule has 1 aromatic heterocycles. The summed E-state index contributed by atoms with van der Waals surface area (Å²) in [5, 5.41) is 40.1. The maximum Gasteiger partial charge on any atom is 0.335 e. The van der Waals surface area contributed by atoms with Crippen molar-refractivity contribution >= 4 is 40.2 Å². The van der Waals surface area contributed by atoms with Gasteiger partial charge >= 0.3 is 12.0 Å². The highest BCUT2D eigenvalue weighted by atomic mass is 16.4. The van der Waals surface area contributed by atoms with Crippen molar-refractivity contribution in [3.63, 3.8) is 0 Å². The summed E-state index contributed by atoms with van der Waals surface area (Å²) in [6, 6.07) is 27.1. The highest BCUT2D eigenvalue weighted by Gasteiger charge is 2.40. The second-order valence-corrected chi connectivity index (χ2v) is 14.2. The first-order chi connectivity index (χ1) is 24.3. The zero-order chi connectivity index (χ0) is 36.3. The molecule has 0 spiro atoms. The molecule has 11 nitrogen and oxygen atoms in total. The lowest BCUT2D eigenvalue weighted by molar-refractivity contribution is -0.0712. The minimum atomic E-state index is -1.71. The molecule has 11 heteroatoms. The monoisotopic (exact) mass is 688 g/mol. The number of hydrogen-bond acceptors (Lipinski definition) is 6. The Morgan fingerprint density at radius 3 is 2.29 bits per heavy atom. The molecule has 1 unspecified atom stereocenters. The van der Waals surface area contributed by atoms with Gasteiger partial charge in [0.1, 0.15) is 5.82 Å². The Labute approximate surface area is 297 Å². The van der Waals surface area contributed by atoms with Crippen LogP contribution in [0.2, 0.25) is 0 Å². The molecule has 1 aliphatic rings. The highest BCUT2D eigenvalue weighted by molar-refractivity contribution is 6.06. The molecule has 1 saturated carbocycles. The van der Waals surface area contributed by atoms with E-state index in [9.17, 15) is 24.6 Å². The van der Waals surface area contributed by atoms with E-state index in [1.54, 1.807) is 23.7 Å². The predicted molar refractivity (Wildman–Crippen MR) is 198 cm³/mol. The number of benzene rings is 4. The Morgan fingerprint density at radius 2 is 1.59 bits per heavy atom. The van der Waals surface area contributed by atoms with Gasteiger partial charge in [-0.25, -0.2) is 14.3 Å². The number of carboxylic acid groups (broad SMARTS) is 1. The molecule has 3 amide bonds. The van der Waals surface area contributed by atoms with E-state index in [1.807, 2.05) is 72.8 Å². The van der Waals surface area contributed by atoms with Gasteiger partial charge in [-0.3, -0.25) is 15.4 Å². The Balaban J connectivity index is 1.19. The summed E-state index contributed by atoms with van der Waals surface area (Å²) in [6.45, 7) is 8.09. The van der Waals surface area contributed by atoms with Gasteiger partial charge in [0, 0.05) is 34.9 Å². The molecular weight excluding hydrogens is 644 g/mol. The summed E-state index contributed by atoms with van der Waals surface area (Å²) in [4.78, 5) is 38.3. The Morgan fingerprint density at radius 1 is 0.882 bits per heavy atom. The second-order valence-electron chi connectivity index (χ2n) is 14.2. The maximum absolute atomic E-state index is 13.3. The first-order valence-corrected chi connectivity index (χ1v) is 17.2. The molecule has 0 aliphatic heterocycles. The number of rotatable bonds is 10. The summed E-state index contributed by atoms with van der Waals surface area (Å²) >= 11 is 0. The first-order valence-electron chi connectivity index (χ1n) is 17.2. The number of nitrogens with zero attached hydrogens (tertiary/aromatic N) is 2. The van der Waals surface area contributed by atoms with Gasteiger partial charge in [-0.15, -0.1) is 0 Å². The van der Waals surface area contributed by atoms with Crippen LogP contribution in [0.1, 0.15) is 84.0 Å². The number of carboxylic acids is 1. The van der Waals surface area contributed by atoms with Crippen LogP contribution in [0.15, 0.2) is 91.0 Å². The second kappa shape index (κ2) is 14.4.